The molecule has 1 N–H and O–H groups in total. The van der Waals surface area contributed by atoms with Gasteiger partial charge in [-0.1, -0.05) is 64.0 Å². The van der Waals surface area contributed by atoms with Crippen molar-refractivity contribution in [1.29, 1.82) is 0 Å². The molecule has 0 saturated carbocycles. The van der Waals surface area contributed by atoms with Crippen LogP contribution < -0.4 is 10.2 Å². The van der Waals surface area contributed by atoms with Crippen molar-refractivity contribution in [3.63, 3.8) is 0 Å². The number of carbonyl (C=O) groups is 1. The number of amides is 1. The SMILES string of the molecule is CCCCCCCCCCOc1ccc(C(N2CC(C)(C)C(=O)N2)C(F)(F)F)cc1. The number of ether oxygens (including phenoxy) is 1. The number of rotatable bonds is 12. The topological polar surface area (TPSA) is 41.6 Å². The fourth-order valence-corrected chi connectivity index (χ4v) is 3.69. The Morgan fingerprint density at radius 3 is 2.10 bits per heavy atom. The van der Waals surface area contributed by atoms with Gasteiger partial charge in [0, 0.05) is 6.54 Å². The van der Waals surface area contributed by atoms with E-state index in [1.165, 1.54) is 50.7 Å². The van der Waals surface area contributed by atoms with Gasteiger partial charge in [0.2, 0.25) is 5.91 Å². The molecule has 170 valence electrons. The van der Waals surface area contributed by atoms with Crippen LogP contribution in [0.4, 0.5) is 13.2 Å². The van der Waals surface area contributed by atoms with Gasteiger partial charge in [-0.15, -0.1) is 0 Å². The van der Waals surface area contributed by atoms with Crippen LogP contribution in [0, 0.1) is 5.41 Å². The van der Waals surface area contributed by atoms with Gasteiger partial charge >= 0.3 is 6.18 Å². The molecule has 1 unspecified atom stereocenters. The largest absolute Gasteiger partial charge is 0.494 e. The van der Waals surface area contributed by atoms with Gasteiger partial charge in [0.25, 0.3) is 0 Å². The Hall–Kier alpha value is -1.76. The minimum absolute atomic E-state index is 0.00724. The molecule has 1 saturated heterocycles. The maximum Gasteiger partial charge on any atom is 0.409 e. The number of alkyl halides is 3. The fourth-order valence-electron chi connectivity index (χ4n) is 3.69. The zero-order valence-corrected chi connectivity index (χ0v) is 18.4. The lowest BCUT2D eigenvalue weighted by atomic mass is 9.93. The molecular formula is C23H35F3N2O2. The number of benzene rings is 1. The quantitative estimate of drug-likeness (QED) is 0.404. The second-order valence-electron chi connectivity index (χ2n) is 8.79. The van der Waals surface area contributed by atoms with Crippen molar-refractivity contribution in [3.05, 3.63) is 29.8 Å². The van der Waals surface area contributed by atoms with E-state index in [2.05, 4.69) is 12.3 Å². The molecular weight excluding hydrogens is 393 g/mol. The molecule has 0 aliphatic carbocycles. The first-order valence-corrected chi connectivity index (χ1v) is 11.0. The van der Waals surface area contributed by atoms with Crippen LogP contribution in [-0.2, 0) is 4.79 Å². The highest BCUT2D eigenvalue weighted by molar-refractivity contribution is 5.83. The average Bonchev–Trinajstić information content (AvgIpc) is 2.92. The second-order valence-corrected chi connectivity index (χ2v) is 8.79. The highest BCUT2D eigenvalue weighted by Gasteiger charge is 2.51. The molecule has 4 nitrogen and oxygen atoms in total. The molecule has 0 bridgehead atoms. The number of unbranched alkanes of at least 4 members (excludes halogenated alkanes) is 7. The Labute approximate surface area is 178 Å². The zero-order chi connectivity index (χ0) is 22.2. The van der Waals surface area contributed by atoms with Crippen LogP contribution in [0.25, 0.3) is 0 Å². The van der Waals surface area contributed by atoms with Crippen LogP contribution in [0.3, 0.4) is 0 Å². The monoisotopic (exact) mass is 428 g/mol. The number of hydrogen-bond donors (Lipinski definition) is 1. The summed E-state index contributed by atoms with van der Waals surface area (Å²) in [7, 11) is 0. The Kier molecular flexibility index (Phi) is 9.01. The summed E-state index contributed by atoms with van der Waals surface area (Å²) >= 11 is 0. The summed E-state index contributed by atoms with van der Waals surface area (Å²) in [6.45, 7) is 6.04. The Morgan fingerprint density at radius 1 is 1.03 bits per heavy atom. The average molecular weight is 429 g/mol. The fraction of sp³-hybridized carbons (Fsp3) is 0.696. The molecule has 1 aromatic carbocycles. The van der Waals surface area contributed by atoms with Crippen molar-refractivity contribution in [3.8, 4) is 5.75 Å². The minimum Gasteiger partial charge on any atom is -0.494 e. The first-order valence-electron chi connectivity index (χ1n) is 11.0. The highest BCUT2D eigenvalue weighted by Crippen LogP contribution is 2.40. The molecule has 1 aliphatic heterocycles. The van der Waals surface area contributed by atoms with Crippen molar-refractivity contribution in [2.45, 2.75) is 84.4 Å². The number of nitrogens with one attached hydrogen (secondary N) is 1. The Balaban J connectivity index is 1.83. The summed E-state index contributed by atoms with van der Waals surface area (Å²) in [5.74, 6) is 0.162. The molecule has 7 heteroatoms. The van der Waals surface area contributed by atoms with Crippen molar-refractivity contribution in [2.24, 2.45) is 5.41 Å². The maximum atomic E-state index is 13.7. The number of nitrogens with zero attached hydrogens (tertiary/aromatic N) is 1. The third kappa shape index (κ3) is 7.18. The smallest absolute Gasteiger partial charge is 0.409 e. The van der Waals surface area contributed by atoms with E-state index in [9.17, 15) is 18.0 Å². The van der Waals surface area contributed by atoms with Crippen LogP contribution in [0.15, 0.2) is 24.3 Å². The van der Waals surface area contributed by atoms with Crippen LogP contribution in [0.5, 0.6) is 5.75 Å². The number of hydrazine groups is 1. The first-order chi connectivity index (χ1) is 14.1. The maximum absolute atomic E-state index is 13.7. The third-order valence-corrected chi connectivity index (χ3v) is 5.51. The van der Waals surface area contributed by atoms with Gasteiger partial charge in [0.05, 0.1) is 12.0 Å². The molecule has 1 heterocycles. The molecule has 2 rings (SSSR count). The van der Waals surface area contributed by atoms with Crippen molar-refractivity contribution >= 4 is 5.91 Å². The van der Waals surface area contributed by atoms with Crippen LogP contribution in [-0.4, -0.2) is 30.2 Å². The number of carbonyl (C=O) groups excluding carboxylic acids is 1. The van der Waals surface area contributed by atoms with Gasteiger partial charge in [-0.25, -0.2) is 5.01 Å². The normalized spacial score (nSPS) is 17.7. The van der Waals surface area contributed by atoms with E-state index in [0.717, 1.165) is 17.9 Å². The van der Waals surface area contributed by atoms with Gasteiger partial charge in [-0.3, -0.25) is 10.2 Å². The summed E-state index contributed by atoms with van der Waals surface area (Å²) in [4.78, 5) is 11.9. The Morgan fingerprint density at radius 2 is 1.60 bits per heavy atom. The minimum atomic E-state index is -4.51. The second kappa shape index (κ2) is 11.0. The first kappa shape index (κ1) is 24.5. The van der Waals surface area contributed by atoms with Crippen molar-refractivity contribution < 1.29 is 22.7 Å². The van der Waals surface area contributed by atoms with E-state index in [-0.39, 0.29) is 12.1 Å². The molecule has 1 amide bonds. The van der Waals surface area contributed by atoms with Crippen LogP contribution >= 0.6 is 0 Å². The zero-order valence-electron chi connectivity index (χ0n) is 18.4. The van der Waals surface area contributed by atoms with E-state index in [0.29, 0.717) is 12.4 Å². The van der Waals surface area contributed by atoms with Crippen LogP contribution in [0.2, 0.25) is 0 Å². The molecule has 30 heavy (non-hydrogen) atoms. The summed E-state index contributed by atoms with van der Waals surface area (Å²) in [5.41, 5.74) is 1.60. The lowest BCUT2D eigenvalue weighted by molar-refractivity contribution is -0.191. The molecule has 1 fully saturated rings. The van der Waals surface area contributed by atoms with E-state index in [4.69, 9.17) is 4.74 Å². The summed E-state index contributed by atoms with van der Waals surface area (Å²) in [5, 5.41) is 0.985. The predicted octanol–water partition coefficient (Wildman–Crippen LogP) is 6.18. The molecule has 1 aliphatic rings. The standard InChI is InChI=1S/C23H35F3N2O2/c1-4-5-6-7-8-9-10-11-16-30-19-14-12-18(13-15-19)20(23(24,25)26)28-17-22(2,3)21(29)27-28/h12-15,20H,4-11,16-17H2,1-3H3,(H,27,29). The molecule has 0 radical (unpaired) electrons. The van der Waals surface area contributed by atoms with Gasteiger partial charge in [0.15, 0.2) is 0 Å². The van der Waals surface area contributed by atoms with Gasteiger partial charge in [-0.2, -0.15) is 13.2 Å². The molecule has 1 aromatic rings. The third-order valence-electron chi connectivity index (χ3n) is 5.51. The molecule has 0 aromatic heterocycles. The van der Waals surface area contributed by atoms with E-state index in [1.54, 1.807) is 26.0 Å². The van der Waals surface area contributed by atoms with Crippen LogP contribution in [0.1, 0.15) is 83.7 Å². The van der Waals surface area contributed by atoms with E-state index in [1.807, 2.05) is 0 Å². The van der Waals surface area contributed by atoms with E-state index >= 15 is 0 Å². The summed E-state index contributed by atoms with van der Waals surface area (Å²) < 4.78 is 46.9. The number of halogens is 3. The van der Waals surface area contributed by atoms with Crippen molar-refractivity contribution in [2.75, 3.05) is 13.2 Å². The van der Waals surface area contributed by atoms with Gasteiger partial charge < -0.3 is 4.74 Å². The predicted molar refractivity (Wildman–Crippen MR) is 112 cm³/mol. The number of hydrogen-bond acceptors (Lipinski definition) is 3. The lowest BCUT2D eigenvalue weighted by Gasteiger charge is -2.29. The van der Waals surface area contributed by atoms with E-state index < -0.39 is 23.5 Å². The Bertz CT molecular complexity index is 659. The lowest BCUT2D eigenvalue weighted by Crippen LogP contribution is -2.43. The highest BCUT2D eigenvalue weighted by atomic mass is 19.4. The molecule has 0 spiro atoms. The van der Waals surface area contributed by atoms with Gasteiger partial charge in [-0.05, 0) is 38.0 Å². The molecule has 1 atom stereocenters. The summed E-state index contributed by atoms with van der Waals surface area (Å²) in [6, 6.07) is 4.12. The van der Waals surface area contributed by atoms with Crippen molar-refractivity contribution in [1.82, 2.24) is 10.4 Å². The summed E-state index contributed by atoms with van der Waals surface area (Å²) in [6.07, 6.45) is 5.11. The van der Waals surface area contributed by atoms with Gasteiger partial charge in [0.1, 0.15) is 11.8 Å².